The van der Waals surface area contributed by atoms with Crippen LogP contribution >= 0.6 is 0 Å². The minimum absolute atomic E-state index is 0.0166. The van der Waals surface area contributed by atoms with Crippen LogP contribution in [0.3, 0.4) is 0 Å². The highest BCUT2D eigenvalue weighted by Crippen LogP contribution is 2.68. The third-order valence-corrected chi connectivity index (χ3v) is 13.1. The van der Waals surface area contributed by atoms with E-state index in [-0.39, 0.29) is 63.0 Å². The molecule has 9 nitrogen and oxygen atoms in total. The Kier molecular flexibility index (Phi) is 9.42. The van der Waals surface area contributed by atoms with Crippen LogP contribution < -0.4 is 5.32 Å². The van der Waals surface area contributed by atoms with E-state index in [2.05, 4.69) is 26.1 Å². The van der Waals surface area contributed by atoms with Crippen molar-refractivity contribution in [2.24, 2.45) is 46.3 Å². The van der Waals surface area contributed by atoms with Gasteiger partial charge < -0.3 is 25.1 Å². The van der Waals surface area contributed by atoms with Crippen LogP contribution in [0, 0.1) is 46.3 Å². The maximum Gasteiger partial charge on any atom is 0.316 e. The molecule has 0 heterocycles. The van der Waals surface area contributed by atoms with E-state index in [1.165, 1.54) is 0 Å². The maximum atomic E-state index is 12.6. The predicted molar refractivity (Wildman–Crippen MR) is 153 cm³/mol. The number of carbonyl (C=O) groups is 1. The second-order valence-corrected chi connectivity index (χ2v) is 16.5. The van der Waals surface area contributed by atoms with Crippen LogP contribution in [0.1, 0.15) is 85.0 Å². The second-order valence-electron chi connectivity index (χ2n) is 15.1. The number of nitrogens with zero attached hydrogens (tertiary/aromatic N) is 1. The molecule has 4 aliphatic rings. The zero-order chi connectivity index (χ0) is 29.7. The first-order chi connectivity index (χ1) is 18.5. The van der Waals surface area contributed by atoms with Gasteiger partial charge >= 0.3 is 10.1 Å². The number of aliphatic hydroxyl groups excluding tert-OH is 3. The fraction of sp³-hybridized carbons (Fsp3) is 0.967. The molecule has 11 unspecified atom stereocenters. The van der Waals surface area contributed by atoms with Crippen molar-refractivity contribution in [1.82, 2.24) is 5.32 Å². The molecule has 0 aromatic rings. The lowest BCUT2D eigenvalue weighted by atomic mass is 9.43. The highest BCUT2D eigenvalue weighted by molar-refractivity contribution is 7.85. The summed E-state index contributed by atoms with van der Waals surface area (Å²) in [7, 11) is -0.585. The van der Waals surface area contributed by atoms with E-state index in [1.807, 2.05) is 0 Å². The first-order valence-corrected chi connectivity index (χ1v) is 17.2. The Morgan fingerprint density at radius 2 is 1.75 bits per heavy atom. The molecule has 0 aromatic heterocycles. The molecule has 1 amide bonds. The summed E-state index contributed by atoms with van der Waals surface area (Å²) in [6.45, 7) is 7.78. The Morgan fingerprint density at radius 3 is 2.42 bits per heavy atom. The van der Waals surface area contributed by atoms with Crippen LogP contribution in [0.4, 0.5) is 0 Å². The van der Waals surface area contributed by atoms with Crippen molar-refractivity contribution in [3.05, 3.63) is 0 Å². The van der Waals surface area contributed by atoms with Crippen LogP contribution in [-0.2, 0) is 14.9 Å². The SMILES string of the molecule is CC(CCC(=O)NCCC[N+](C)(C)CS(=O)(=O)O)C1CCC2C3C(O)CC4CC(O)CCC4(C)C3CC(O)C12C. The van der Waals surface area contributed by atoms with Crippen molar-refractivity contribution in [3.8, 4) is 0 Å². The number of hydrogen-bond acceptors (Lipinski definition) is 6. The minimum atomic E-state index is -4.06. The smallest absolute Gasteiger partial charge is 0.316 e. The molecule has 0 aromatic carbocycles. The van der Waals surface area contributed by atoms with Crippen LogP contribution in [-0.4, -0.2) is 90.1 Å². The molecule has 0 spiro atoms. The Balaban J connectivity index is 1.32. The van der Waals surface area contributed by atoms with E-state index in [0.29, 0.717) is 44.2 Å². The molecule has 5 N–H and O–H groups in total. The van der Waals surface area contributed by atoms with Crippen molar-refractivity contribution in [1.29, 1.82) is 0 Å². The van der Waals surface area contributed by atoms with E-state index < -0.39 is 16.2 Å². The molecule has 4 saturated carbocycles. The number of hydrogen-bond donors (Lipinski definition) is 5. The molecule has 4 rings (SSSR count). The Hall–Kier alpha value is -0.780. The van der Waals surface area contributed by atoms with E-state index in [1.54, 1.807) is 14.1 Å². The van der Waals surface area contributed by atoms with Crippen molar-refractivity contribution < 1.29 is 37.6 Å². The van der Waals surface area contributed by atoms with Gasteiger partial charge in [-0.05, 0) is 97.7 Å². The molecule has 0 radical (unpaired) electrons. The van der Waals surface area contributed by atoms with Crippen molar-refractivity contribution in [2.75, 3.05) is 33.1 Å². The van der Waals surface area contributed by atoms with Crippen LogP contribution in [0.5, 0.6) is 0 Å². The largest absolute Gasteiger partial charge is 0.393 e. The molecular weight excluding hydrogens is 532 g/mol. The van der Waals surface area contributed by atoms with Gasteiger partial charge in [0.15, 0.2) is 0 Å². The number of nitrogens with one attached hydrogen (secondary N) is 1. The van der Waals surface area contributed by atoms with E-state index in [4.69, 9.17) is 4.55 Å². The van der Waals surface area contributed by atoms with E-state index in [9.17, 15) is 28.5 Å². The molecular formula is C30H55N2O7S+. The molecule has 0 aliphatic heterocycles. The Morgan fingerprint density at radius 1 is 1.05 bits per heavy atom. The highest BCUT2D eigenvalue weighted by Gasteiger charge is 2.65. The van der Waals surface area contributed by atoms with Gasteiger partial charge in [0, 0.05) is 19.4 Å². The van der Waals surface area contributed by atoms with Crippen LogP contribution in [0.2, 0.25) is 0 Å². The fourth-order valence-corrected chi connectivity index (χ4v) is 11.0. The summed E-state index contributed by atoms with van der Waals surface area (Å²) in [6.07, 6.45) is 6.71. The van der Waals surface area contributed by atoms with Gasteiger partial charge in [0.25, 0.3) is 0 Å². The van der Waals surface area contributed by atoms with Gasteiger partial charge in [0.1, 0.15) is 0 Å². The third kappa shape index (κ3) is 6.42. The minimum Gasteiger partial charge on any atom is -0.393 e. The Bertz CT molecular complexity index is 1020. The maximum absolute atomic E-state index is 12.6. The highest BCUT2D eigenvalue weighted by atomic mass is 32.2. The second kappa shape index (κ2) is 11.7. The average Bonchev–Trinajstić information content (AvgIpc) is 3.19. The van der Waals surface area contributed by atoms with Gasteiger partial charge in [0.2, 0.25) is 11.8 Å². The quantitative estimate of drug-likeness (QED) is 0.150. The first-order valence-electron chi connectivity index (χ1n) is 15.6. The lowest BCUT2D eigenvalue weighted by molar-refractivity contribution is -0.878. The predicted octanol–water partition coefficient (Wildman–Crippen LogP) is 2.79. The lowest BCUT2D eigenvalue weighted by Crippen LogP contribution is -2.62. The van der Waals surface area contributed by atoms with Crippen molar-refractivity contribution >= 4 is 16.0 Å². The van der Waals surface area contributed by atoms with Gasteiger partial charge in [-0.2, -0.15) is 8.42 Å². The third-order valence-electron chi connectivity index (χ3n) is 12.1. The number of amides is 1. The standard InChI is InChI=1S/C30H54N2O7S/c1-19(7-10-27(36)31-13-6-14-32(4,5)18-40(37,38)39)22-8-9-23-28-24(17-26(35)30(22,23)3)29(2)12-11-21(33)15-20(29)16-25(28)34/h19-26,28,33-35H,6-18H2,1-5H3,(H-,31,36,37,38,39)/p+1. The summed E-state index contributed by atoms with van der Waals surface area (Å²) >= 11 is 0. The normalized spacial score (nSPS) is 42.4. The van der Waals surface area contributed by atoms with Crippen molar-refractivity contribution in [3.63, 3.8) is 0 Å². The number of quaternary nitrogens is 1. The number of aliphatic hydroxyl groups is 3. The molecule has 0 saturated heterocycles. The monoisotopic (exact) mass is 587 g/mol. The molecule has 232 valence electrons. The average molecular weight is 588 g/mol. The molecule has 0 bridgehead atoms. The molecule has 4 aliphatic carbocycles. The van der Waals surface area contributed by atoms with Gasteiger partial charge in [-0.3, -0.25) is 9.35 Å². The number of rotatable bonds is 10. The molecule has 11 atom stereocenters. The summed E-state index contributed by atoms with van der Waals surface area (Å²) in [5.41, 5.74) is -0.209. The van der Waals surface area contributed by atoms with Crippen molar-refractivity contribution in [2.45, 2.75) is 103 Å². The van der Waals surface area contributed by atoms with E-state index >= 15 is 0 Å². The molecule has 4 fully saturated rings. The lowest BCUT2D eigenvalue weighted by Gasteiger charge is -2.63. The molecule has 10 heteroatoms. The number of fused-ring (bicyclic) bond motifs is 5. The number of carbonyl (C=O) groups excluding carboxylic acids is 1. The van der Waals surface area contributed by atoms with Crippen LogP contribution in [0.15, 0.2) is 0 Å². The van der Waals surface area contributed by atoms with Gasteiger partial charge in [-0.15, -0.1) is 0 Å². The molecule has 40 heavy (non-hydrogen) atoms. The van der Waals surface area contributed by atoms with Gasteiger partial charge in [-0.1, -0.05) is 20.8 Å². The van der Waals surface area contributed by atoms with Crippen LogP contribution in [0.25, 0.3) is 0 Å². The summed E-state index contributed by atoms with van der Waals surface area (Å²) in [5.74, 6) is 1.25. The fourth-order valence-electron chi connectivity index (χ4n) is 10.0. The zero-order valence-corrected chi connectivity index (χ0v) is 26.1. The van der Waals surface area contributed by atoms with E-state index in [0.717, 1.165) is 44.9 Å². The first kappa shape index (κ1) is 32.1. The van der Waals surface area contributed by atoms with Gasteiger partial charge in [0.05, 0.1) is 39.0 Å². The summed E-state index contributed by atoms with van der Waals surface area (Å²) < 4.78 is 31.6. The summed E-state index contributed by atoms with van der Waals surface area (Å²) in [5, 5.41) is 36.4. The zero-order valence-electron chi connectivity index (χ0n) is 25.3. The topological polar surface area (TPSA) is 144 Å². The Labute approximate surface area is 241 Å². The summed E-state index contributed by atoms with van der Waals surface area (Å²) in [4.78, 5) is 12.6. The summed E-state index contributed by atoms with van der Waals surface area (Å²) in [6, 6.07) is 0. The van der Waals surface area contributed by atoms with Gasteiger partial charge in [-0.25, -0.2) is 0 Å².